The molecule has 44 valence electrons. The van der Waals surface area contributed by atoms with E-state index in [0.29, 0.717) is 0 Å². The summed E-state index contributed by atoms with van der Waals surface area (Å²) in [5.41, 5.74) is 0. The lowest BCUT2D eigenvalue weighted by Gasteiger charge is -1.96. The maximum atomic E-state index is 11.5. The molecular formula is C2H6F2OP2. The summed E-state index contributed by atoms with van der Waals surface area (Å²) in [5, 5.41) is 0. The molecule has 0 heterocycles. The van der Waals surface area contributed by atoms with Gasteiger partial charge in [0.15, 0.2) is 0 Å². The van der Waals surface area contributed by atoms with E-state index in [2.05, 4.69) is 4.52 Å². The predicted octanol–water partition coefficient (Wildman–Crippen LogP) is 2.04. The van der Waals surface area contributed by atoms with Gasteiger partial charge in [-0.2, -0.15) is 4.20 Å². The van der Waals surface area contributed by atoms with Crippen LogP contribution in [0.2, 0.25) is 0 Å². The smallest absolute Gasteiger partial charge is 0.236 e. The summed E-state index contributed by atoms with van der Waals surface area (Å²) < 4.78 is 26.8. The summed E-state index contributed by atoms with van der Waals surface area (Å²) in [5.74, 6) is 0. The standard InChI is InChI=1S/C2H6F2OP2/c3-1-2-5-7(4)6/h1-2,6H2. The minimum absolute atomic E-state index is 0.133. The fraction of sp³-hybridized carbons (Fsp3) is 1.00. The fourth-order valence-corrected chi connectivity index (χ4v) is 0.681. The summed E-state index contributed by atoms with van der Waals surface area (Å²) in [4.78, 5) is 0. The van der Waals surface area contributed by atoms with Crippen molar-refractivity contribution in [1.82, 2.24) is 0 Å². The molecule has 1 nitrogen and oxygen atoms in total. The Bertz CT molecular complexity index is 42.7. The average Bonchev–Trinajstić information content (AvgIpc) is 1.61. The van der Waals surface area contributed by atoms with Gasteiger partial charge < -0.3 is 4.52 Å². The van der Waals surface area contributed by atoms with Crippen molar-refractivity contribution in [3.63, 3.8) is 0 Å². The minimum atomic E-state index is -1.93. The minimum Gasteiger partial charge on any atom is -0.325 e. The molecule has 0 radical (unpaired) electrons. The number of hydrogen-bond donors (Lipinski definition) is 0. The van der Waals surface area contributed by atoms with E-state index in [1.54, 1.807) is 0 Å². The van der Waals surface area contributed by atoms with E-state index in [-0.39, 0.29) is 6.61 Å². The zero-order valence-corrected chi connectivity index (χ0v) is 5.65. The first-order chi connectivity index (χ1) is 3.27. The van der Waals surface area contributed by atoms with Crippen LogP contribution in [-0.2, 0) is 4.52 Å². The third-order valence-corrected chi connectivity index (χ3v) is 1.17. The first-order valence-corrected chi connectivity index (χ1v) is 4.43. The first kappa shape index (κ1) is 7.68. The molecule has 2 atom stereocenters. The van der Waals surface area contributed by atoms with Crippen LogP contribution < -0.4 is 0 Å². The molecule has 0 spiro atoms. The van der Waals surface area contributed by atoms with Crippen LogP contribution >= 0.6 is 17.1 Å². The molecule has 0 aromatic heterocycles. The summed E-state index contributed by atoms with van der Waals surface area (Å²) in [6.45, 7) is -0.747. The average molecular weight is 146 g/mol. The number of alkyl halides is 1. The maximum absolute atomic E-state index is 11.5. The summed E-state index contributed by atoms with van der Waals surface area (Å²) >= 11 is 0. The predicted molar refractivity (Wildman–Crippen MR) is 29.7 cm³/mol. The molecule has 0 saturated carbocycles. The van der Waals surface area contributed by atoms with Gasteiger partial charge in [0.25, 0.3) is 0 Å². The lowest BCUT2D eigenvalue weighted by Crippen LogP contribution is -1.84. The van der Waals surface area contributed by atoms with E-state index in [0.717, 1.165) is 0 Å². The molecule has 0 aliphatic rings. The fourth-order valence-electron chi connectivity index (χ4n) is 0.122. The van der Waals surface area contributed by atoms with E-state index in [4.69, 9.17) is 0 Å². The van der Waals surface area contributed by atoms with Gasteiger partial charge in [-0.3, -0.25) is 0 Å². The molecule has 2 unspecified atom stereocenters. The van der Waals surface area contributed by atoms with Gasteiger partial charge in [-0.25, -0.2) is 4.39 Å². The SMILES string of the molecule is FCCOP(F)P. The Kier molecular flexibility index (Phi) is 5.30. The van der Waals surface area contributed by atoms with Gasteiger partial charge in [-0.05, 0) is 8.93 Å². The van der Waals surface area contributed by atoms with E-state index < -0.39 is 14.8 Å². The molecule has 7 heavy (non-hydrogen) atoms. The normalized spacial score (nSPS) is 14.1. The quantitative estimate of drug-likeness (QED) is 0.553. The van der Waals surface area contributed by atoms with Crippen LogP contribution in [0.15, 0.2) is 0 Å². The molecular weight excluding hydrogens is 140 g/mol. The van der Waals surface area contributed by atoms with Crippen molar-refractivity contribution >= 4 is 17.1 Å². The van der Waals surface area contributed by atoms with Crippen molar-refractivity contribution in [2.75, 3.05) is 13.3 Å². The zero-order valence-electron chi connectivity index (χ0n) is 3.60. The molecule has 0 aromatic rings. The van der Waals surface area contributed by atoms with Gasteiger partial charge >= 0.3 is 0 Å². The van der Waals surface area contributed by atoms with Crippen molar-refractivity contribution < 1.29 is 13.1 Å². The van der Waals surface area contributed by atoms with E-state index in [1.165, 1.54) is 0 Å². The maximum Gasteiger partial charge on any atom is 0.236 e. The monoisotopic (exact) mass is 146 g/mol. The molecule has 0 aliphatic carbocycles. The topological polar surface area (TPSA) is 9.23 Å². The van der Waals surface area contributed by atoms with Crippen molar-refractivity contribution in [1.29, 1.82) is 0 Å². The van der Waals surface area contributed by atoms with Crippen LogP contribution in [0.1, 0.15) is 0 Å². The highest BCUT2D eigenvalue weighted by atomic mass is 32.0. The van der Waals surface area contributed by atoms with E-state index in [9.17, 15) is 8.59 Å². The van der Waals surface area contributed by atoms with Crippen molar-refractivity contribution in [3.05, 3.63) is 0 Å². The Labute approximate surface area is 44.5 Å². The van der Waals surface area contributed by atoms with Crippen molar-refractivity contribution in [2.45, 2.75) is 0 Å². The van der Waals surface area contributed by atoms with Crippen LogP contribution in [0.25, 0.3) is 0 Å². The molecule has 0 rings (SSSR count). The Morgan fingerprint density at radius 2 is 2.29 bits per heavy atom. The molecule has 0 aromatic carbocycles. The first-order valence-electron chi connectivity index (χ1n) is 1.67. The lowest BCUT2D eigenvalue weighted by molar-refractivity contribution is 0.291. The second-order valence-corrected chi connectivity index (χ2v) is 2.81. The van der Waals surface area contributed by atoms with E-state index >= 15 is 0 Å². The van der Waals surface area contributed by atoms with Crippen molar-refractivity contribution in [2.24, 2.45) is 0 Å². The Balaban J connectivity index is 2.68. The van der Waals surface area contributed by atoms with Gasteiger partial charge in [-0.1, -0.05) is 0 Å². The lowest BCUT2D eigenvalue weighted by atomic mass is 10.9. The number of hydrogen-bond acceptors (Lipinski definition) is 1. The second kappa shape index (κ2) is 4.83. The zero-order chi connectivity index (χ0) is 5.70. The molecule has 0 N–H and O–H groups in total. The Morgan fingerprint density at radius 1 is 1.71 bits per heavy atom. The third-order valence-electron chi connectivity index (χ3n) is 0.292. The van der Waals surface area contributed by atoms with Crippen LogP contribution in [0.3, 0.4) is 0 Å². The molecule has 0 saturated heterocycles. The molecule has 0 amide bonds. The second-order valence-electron chi connectivity index (χ2n) is 0.794. The van der Waals surface area contributed by atoms with Crippen LogP contribution in [0.4, 0.5) is 8.59 Å². The summed E-state index contributed by atoms with van der Waals surface area (Å²) in [6, 6.07) is 0. The molecule has 0 aliphatic heterocycles. The van der Waals surface area contributed by atoms with Crippen LogP contribution in [0, 0.1) is 0 Å². The van der Waals surface area contributed by atoms with Gasteiger partial charge in [0.2, 0.25) is 8.15 Å². The van der Waals surface area contributed by atoms with Gasteiger partial charge in [0.05, 0.1) is 6.61 Å². The largest absolute Gasteiger partial charge is 0.325 e. The van der Waals surface area contributed by atoms with Gasteiger partial charge in [0.1, 0.15) is 6.67 Å². The van der Waals surface area contributed by atoms with E-state index in [1.807, 2.05) is 8.93 Å². The molecule has 0 bridgehead atoms. The number of halogens is 2. The highest BCUT2D eigenvalue weighted by molar-refractivity contribution is 8.08. The number of rotatable bonds is 3. The Hall–Kier alpha value is 0.680. The van der Waals surface area contributed by atoms with Crippen LogP contribution in [0.5, 0.6) is 0 Å². The highest BCUT2D eigenvalue weighted by Crippen LogP contribution is 2.46. The summed E-state index contributed by atoms with van der Waals surface area (Å²) in [7, 11) is -0.113. The van der Waals surface area contributed by atoms with Crippen LogP contribution in [-0.4, -0.2) is 13.3 Å². The molecule has 0 fully saturated rings. The molecule has 5 heteroatoms. The van der Waals surface area contributed by atoms with Gasteiger partial charge in [-0.15, -0.1) is 0 Å². The Morgan fingerprint density at radius 3 is 2.43 bits per heavy atom. The third kappa shape index (κ3) is 6.68. The van der Waals surface area contributed by atoms with Crippen molar-refractivity contribution in [3.8, 4) is 0 Å². The summed E-state index contributed by atoms with van der Waals surface area (Å²) in [6.07, 6.45) is 0. The van der Waals surface area contributed by atoms with Gasteiger partial charge in [0, 0.05) is 0 Å². The highest BCUT2D eigenvalue weighted by Gasteiger charge is 1.94.